The number of anilines is 2. The first kappa shape index (κ1) is 29.6. The molecule has 0 fully saturated rings. The first-order chi connectivity index (χ1) is 17.5. The van der Waals surface area contributed by atoms with Crippen molar-refractivity contribution >= 4 is 47.0 Å². The first-order valence-electron chi connectivity index (χ1n) is 11.8. The van der Waals surface area contributed by atoms with Crippen molar-refractivity contribution in [2.24, 2.45) is 0 Å². The number of nitrogens with two attached hydrogens (primary N) is 1. The van der Waals surface area contributed by atoms with Crippen LogP contribution < -0.4 is 14.2 Å². The second kappa shape index (κ2) is 10.3. The Labute approximate surface area is 223 Å². The lowest BCUT2D eigenvalue weighted by atomic mass is 10.2. The van der Waals surface area contributed by atoms with E-state index in [1.807, 2.05) is 0 Å². The van der Waals surface area contributed by atoms with Crippen molar-refractivity contribution in [3.05, 3.63) is 30.7 Å². The van der Waals surface area contributed by atoms with E-state index in [4.69, 9.17) is 10.5 Å². The summed E-state index contributed by atoms with van der Waals surface area (Å²) in [6, 6.07) is 2.77. The minimum Gasteiger partial charge on any atom is -0.495 e. The molecule has 0 aromatic carbocycles. The van der Waals surface area contributed by atoms with Crippen LogP contribution in [0.5, 0.6) is 5.75 Å². The Morgan fingerprint density at radius 2 is 1.53 bits per heavy atom. The Hall–Kier alpha value is -2.91. The van der Waals surface area contributed by atoms with Crippen LogP contribution in [0.3, 0.4) is 0 Å². The summed E-state index contributed by atoms with van der Waals surface area (Å²) >= 11 is 0. The Morgan fingerprint density at radius 1 is 0.947 bits per heavy atom. The van der Waals surface area contributed by atoms with Gasteiger partial charge in [0.25, 0.3) is 0 Å². The summed E-state index contributed by atoms with van der Waals surface area (Å²) in [5.74, 6) is -1.01. The molecule has 38 heavy (non-hydrogen) atoms. The molecule has 0 saturated heterocycles. The molecule has 0 radical (unpaired) electrons. The largest absolute Gasteiger partial charge is 0.495 e. The second-order valence-corrected chi connectivity index (χ2v) is 16.4. The minimum atomic E-state index is -4.30. The van der Waals surface area contributed by atoms with E-state index in [0.717, 1.165) is 0 Å². The number of aromatic nitrogens is 3. The van der Waals surface area contributed by atoms with Gasteiger partial charge in [0.1, 0.15) is 27.8 Å². The fourth-order valence-electron chi connectivity index (χ4n) is 3.80. The van der Waals surface area contributed by atoms with E-state index in [1.165, 1.54) is 42.2 Å². The third-order valence-electron chi connectivity index (χ3n) is 5.71. The highest BCUT2D eigenvalue weighted by Gasteiger charge is 2.36. The number of methoxy groups -OCH3 is 1. The smallest absolute Gasteiger partial charge is 0.248 e. The number of pyridine rings is 2. The molecule has 210 valence electrons. The fourth-order valence-corrected chi connectivity index (χ4v) is 9.19. The SMILES string of the molecule is CCCS(=O)(=O)N(c1cc(-c2cnc3cc(OC)c(S(=O)(=O)C(C)(C)C)cn23)cnc1N)S(=O)(=O)CCC. The molecule has 0 aliphatic carbocycles. The zero-order valence-electron chi connectivity index (χ0n) is 22.2. The van der Waals surface area contributed by atoms with Gasteiger partial charge < -0.3 is 10.5 Å². The number of hydrogen-bond acceptors (Lipinski definition) is 10. The first-order valence-corrected chi connectivity index (χ1v) is 16.5. The average Bonchev–Trinajstić information content (AvgIpc) is 3.21. The van der Waals surface area contributed by atoms with Crippen molar-refractivity contribution in [3.63, 3.8) is 0 Å². The maximum atomic E-state index is 13.3. The highest BCUT2D eigenvalue weighted by molar-refractivity contribution is 8.10. The van der Waals surface area contributed by atoms with Crippen LogP contribution >= 0.6 is 0 Å². The van der Waals surface area contributed by atoms with Gasteiger partial charge >= 0.3 is 0 Å². The number of nitrogen functional groups attached to an aromatic ring is 1. The molecule has 2 N–H and O–H groups in total. The average molecular weight is 588 g/mol. The van der Waals surface area contributed by atoms with E-state index in [-0.39, 0.29) is 40.6 Å². The Bertz CT molecular complexity index is 1640. The van der Waals surface area contributed by atoms with Gasteiger partial charge in [0.2, 0.25) is 20.0 Å². The van der Waals surface area contributed by atoms with E-state index in [9.17, 15) is 25.3 Å². The number of nitrogens with zero attached hydrogens (tertiary/aromatic N) is 4. The number of sulfone groups is 1. The summed E-state index contributed by atoms with van der Waals surface area (Å²) in [5.41, 5.74) is 6.65. The third kappa shape index (κ3) is 5.31. The molecule has 0 atom stereocenters. The monoisotopic (exact) mass is 587 g/mol. The lowest BCUT2D eigenvalue weighted by molar-refractivity contribution is 0.401. The quantitative estimate of drug-likeness (QED) is 0.372. The van der Waals surface area contributed by atoms with E-state index >= 15 is 0 Å². The molecule has 0 aliphatic rings. The fraction of sp³-hybridized carbons (Fsp3) is 0.478. The van der Waals surface area contributed by atoms with Crippen LogP contribution in [0.2, 0.25) is 0 Å². The van der Waals surface area contributed by atoms with E-state index in [0.29, 0.717) is 15.1 Å². The lowest BCUT2D eigenvalue weighted by Crippen LogP contribution is -2.40. The van der Waals surface area contributed by atoms with Crippen LogP contribution in [-0.4, -0.2) is 63.0 Å². The molecule has 0 spiro atoms. The topological polar surface area (TPSA) is 171 Å². The van der Waals surface area contributed by atoms with Gasteiger partial charge in [-0.2, -0.15) is 3.71 Å². The molecule has 3 aromatic heterocycles. The normalized spacial score (nSPS) is 13.1. The summed E-state index contributed by atoms with van der Waals surface area (Å²) in [6.07, 6.45) is 4.51. The maximum absolute atomic E-state index is 13.3. The van der Waals surface area contributed by atoms with Crippen LogP contribution in [0, 0.1) is 0 Å². The Balaban J connectivity index is 2.32. The van der Waals surface area contributed by atoms with Gasteiger partial charge in [-0.25, -0.2) is 35.2 Å². The zero-order valence-corrected chi connectivity index (χ0v) is 24.6. The summed E-state index contributed by atoms with van der Waals surface area (Å²) in [7, 11) is -11.1. The predicted octanol–water partition coefficient (Wildman–Crippen LogP) is 2.85. The molecule has 3 aromatic rings. The molecule has 0 unspecified atom stereocenters. The standard InChI is InChI=1S/C23H33N5O7S3/c1-7-9-36(29,30)28(37(31,32)10-8-2)17-11-16(13-26-22(17)24)18-14-25-21-12-19(35-6)20(15-27(18)21)38(33,34)23(3,4)5/h11-15H,7-10H2,1-6H3,(H2,24,26). The maximum Gasteiger partial charge on any atom is 0.248 e. The van der Waals surface area contributed by atoms with Gasteiger partial charge in [0.05, 0.1) is 35.3 Å². The van der Waals surface area contributed by atoms with Crippen molar-refractivity contribution in [2.75, 3.05) is 28.1 Å². The van der Waals surface area contributed by atoms with Crippen molar-refractivity contribution in [1.29, 1.82) is 0 Å². The molecule has 0 saturated carbocycles. The summed E-state index contributed by atoms with van der Waals surface area (Å²) in [4.78, 5) is 8.33. The number of imidazole rings is 1. The molecular formula is C23H33N5O7S3. The summed E-state index contributed by atoms with van der Waals surface area (Å²) < 4.78 is 85.0. The lowest BCUT2D eigenvalue weighted by Gasteiger charge is -2.25. The molecule has 3 rings (SSSR count). The molecule has 0 amide bonds. The minimum absolute atomic E-state index is 0.0689. The van der Waals surface area contributed by atoms with Gasteiger partial charge in [-0.05, 0) is 39.7 Å². The van der Waals surface area contributed by atoms with E-state index in [2.05, 4.69) is 9.97 Å². The summed E-state index contributed by atoms with van der Waals surface area (Å²) in [6.45, 7) is 7.95. The van der Waals surface area contributed by atoms with Crippen LogP contribution in [0.15, 0.2) is 35.6 Å². The van der Waals surface area contributed by atoms with Gasteiger partial charge in [-0.15, -0.1) is 0 Å². The highest BCUT2D eigenvalue weighted by atomic mass is 32.3. The number of ether oxygens (including phenoxy) is 1. The van der Waals surface area contributed by atoms with Gasteiger partial charge in [0, 0.05) is 24.0 Å². The van der Waals surface area contributed by atoms with E-state index < -0.39 is 46.1 Å². The Morgan fingerprint density at radius 3 is 2.03 bits per heavy atom. The zero-order chi connectivity index (χ0) is 28.7. The highest BCUT2D eigenvalue weighted by Crippen LogP contribution is 2.36. The number of fused-ring (bicyclic) bond motifs is 1. The molecule has 0 bridgehead atoms. The molecule has 0 aliphatic heterocycles. The number of sulfonamides is 2. The van der Waals surface area contributed by atoms with Crippen LogP contribution in [0.25, 0.3) is 16.9 Å². The Kier molecular flexibility index (Phi) is 8.06. The van der Waals surface area contributed by atoms with Crippen LogP contribution in [0.1, 0.15) is 47.5 Å². The molecule has 15 heteroatoms. The van der Waals surface area contributed by atoms with Crippen molar-refractivity contribution in [2.45, 2.75) is 57.1 Å². The second-order valence-electron chi connectivity index (χ2n) is 9.65. The van der Waals surface area contributed by atoms with Gasteiger partial charge in [-0.3, -0.25) is 4.40 Å². The number of hydrogen-bond donors (Lipinski definition) is 1. The molecular weight excluding hydrogens is 554 g/mol. The molecule has 12 nitrogen and oxygen atoms in total. The third-order valence-corrected chi connectivity index (χ3v) is 12.8. The van der Waals surface area contributed by atoms with Crippen molar-refractivity contribution in [1.82, 2.24) is 14.4 Å². The predicted molar refractivity (Wildman–Crippen MR) is 147 cm³/mol. The van der Waals surface area contributed by atoms with Crippen molar-refractivity contribution in [3.8, 4) is 17.0 Å². The van der Waals surface area contributed by atoms with Gasteiger partial charge in [0.15, 0.2) is 9.84 Å². The van der Waals surface area contributed by atoms with Crippen LogP contribution in [0.4, 0.5) is 11.5 Å². The van der Waals surface area contributed by atoms with E-state index in [1.54, 1.807) is 34.6 Å². The summed E-state index contributed by atoms with van der Waals surface area (Å²) in [5, 5.41) is 0. The molecule has 3 heterocycles. The van der Waals surface area contributed by atoms with Crippen molar-refractivity contribution < 1.29 is 30.0 Å². The number of rotatable bonds is 10. The van der Waals surface area contributed by atoms with Gasteiger partial charge in [-0.1, -0.05) is 13.8 Å². The van der Waals surface area contributed by atoms with Crippen LogP contribution in [-0.2, 0) is 29.9 Å².